The highest BCUT2D eigenvalue weighted by atomic mass is 35.5. The molecule has 0 spiro atoms. The molecular formula is C19H18Cl2N2O2. The molecule has 4 nitrogen and oxygen atoms in total. The molecule has 25 heavy (non-hydrogen) atoms. The molecule has 0 saturated heterocycles. The van der Waals surface area contributed by atoms with Gasteiger partial charge in [-0.25, -0.2) is 0 Å². The summed E-state index contributed by atoms with van der Waals surface area (Å²) in [5, 5.41) is 6.71. The summed E-state index contributed by atoms with van der Waals surface area (Å²) < 4.78 is 0. The molecular weight excluding hydrogens is 359 g/mol. The Kier molecular flexibility index (Phi) is 5.61. The Labute approximate surface area is 156 Å². The molecule has 1 fully saturated rings. The number of rotatable bonds is 6. The molecule has 130 valence electrons. The molecule has 0 bridgehead atoms. The van der Waals surface area contributed by atoms with Crippen molar-refractivity contribution in [2.75, 3.05) is 5.32 Å². The molecule has 2 aromatic rings. The molecule has 2 aromatic carbocycles. The maximum atomic E-state index is 12.2. The summed E-state index contributed by atoms with van der Waals surface area (Å²) in [6.07, 6.45) is 2.84. The quantitative estimate of drug-likeness (QED) is 0.781. The van der Waals surface area contributed by atoms with Gasteiger partial charge < -0.3 is 10.6 Å². The third-order valence-electron chi connectivity index (χ3n) is 3.97. The molecule has 0 unspecified atom stereocenters. The Morgan fingerprint density at radius 2 is 1.84 bits per heavy atom. The van der Waals surface area contributed by atoms with Crippen LogP contribution in [0.4, 0.5) is 5.69 Å². The Bertz CT molecular complexity index is 804. The van der Waals surface area contributed by atoms with Crippen LogP contribution in [0.3, 0.4) is 0 Å². The van der Waals surface area contributed by atoms with Gasteiger partial charge in [0.15, 0.2) is 0 Å². The predicted octanol–water partition coefficient (Wildman–Crippen LogP) is 4.46. The molecule has 0 radical (unpaired) electrons. The lowest BCUT2D eigenvalue weighted by Crippen LogP contribution is -2.25. The topological polar surface area (TPSA) is 58.2 Å². The van der Waals surface area contributed by atoms with Crippen molar-refractivity contribution in [2.45, 2.75) is 31.7 Å². The fraction of sp³-hybridized carbons (Fsp3) is 0.263. The zero-order valence-corrected chi connectivity index (χ0v) is 15.0. The van der Waals surface area contributed by atoms with Crippen LogP contribution < -0.4 is 10.6 Å². The first kappa shape index (κ1) is 17.8. The van der Waals surface area contributed by atoms with Crippen LogP contribution in [0.1, 0.15) is 35.2 Å². The van der Waals surface area contributed by atoms with Crippen molar-refractivity contribution < 1.29 is 9.59 Å². The number of carbonyl (C=O) groups excluding carboxylic acids is 2. The molecule has 0 aromatic heterocycles. The first-order chi connectivity index (χ1) is 12.0. The third kappa shape index (κ3) is 4.97. The van der Waals surface area contributed by atoms with Crippen molar-refractivity contribution >= 4 is 40.7 Å². The van der Waals surface area contributed by atoms with Gasteiger partial charge in [0.2, 0.25) is 5.91 Å². The fourth-order valence-corrected chi connectivity index (χ4v) is 2.86. The van der Waals surface area contributed by atoms with Gasteiger partial charge in [-0.2, -0.15) is 0 Å². The second kappa shape index (κ2) is 7.89. The van der Waals surface area contributed by atoms with Crippen LogP contribution in [0, 0.1) is 0 Å². The van der Waals surface area contributed by atoms with Gasteiger partial charge in [-0.15, -0.1) is 0 Å². The van der Waals surface area contributed by atoms with Crippen molar-refractivity contribution in [3.63, 3.8) is 0 Å². The lowest BCUT2D eigenvalue weighted by Gasteiger charge is -2.09. The predicted molar refractivity (Wildman–Crippen MR) is 100 cm³/mol. The first-order valence-corrected chi connectivity index (χ1v) is 8.92. The summed E-state index contributed by atoms with van der Waals surface area (Å²) in [5.74, 6) is -0.250. The number of halogens is 2. The average Bonchev–Trinajstić information content (AvgIpc) is 3.40. The first-order valence-electron chi connectivity index (χ1n) is 8.16. The SMILES string of the molecule is O=C(CCc1cccc(Cl)c1Cl)Nc1cccc(C(=O)NC2CC2)c1. The van der Waals surface area contributed by atoms with E-state index in [1.807, 2.05) is 12.1 Å². The number of benzene rings is 2. The number of nitrogens with one attached hydrogen (secondary N) is 2. The molecule has 1 saturated carbocycles. The van der Waals surface area contributed by atoms with Gasteiger partial charge in [-0.1, -0.05) is 41.4 Å². The third-order valence-corrected chi connectivity index (χ3v) is 4.83. The largest absolute Gasteiger partial charge is 0.349 e. The van der Waals surface area contributed by atoms with E-state index in [4.69, 9.17) is 23.2 Å². The van der Waals surface area contributed by atoms with Gasteiger partial charge in [-0.3, -0.25) is 9.59 Å². The van der Waals surface area contributed by atoms with Crippen molar-refractivity contribution in [1.82, 2.24) is 5.32 Å². The molecule has 2 amide bonds. The Hall–Kier alpha value is -2.04. The van der Waals surface area contributed by atoms with Crippen molar-refractivity contribution in [1.29, 1.82) is 0 Å². The van der Waals surface area contributed by atoms with Crippen LogP contribution in [0.2, 0.25) is 10.0 Å². The Balaban J connectivity index is 1.57. The zero-order valence-electron chi connectivity index (χ0n) is 13.5. The van der Waals surface area contributed by atoms with Crippen molar-refractivity contribution in [2.24, 2.45) is 0 Å². The highest BCUT2D eigenvalue weighted by Gasteiger charge is 2.23. The Morgan fingerprint density at radius 3 is 2.60 bits per heavy atom. The van der Waals surface area contributed by atoms with E-state index < -0.39 is 0 Å². The minimum absolute atomic E-state index is 0.107. The lowest BCUT2D eigenvalue weighted by atomic mass is 10.1. The summed E-state index contributed by atoms with van der Waals surface area (Å²) in [7, 11) is 0. The van der Waals surface area contributed by atoms with E-state index in [9.17, 15) is 9.59 Å². The number of hydrogen-bond donors (Lipinski definition) is 2. The monoisotopic (exact) mass is 376 g/mol. The van der Waals surface area contributed by atoms with E-state index in [0.717, 1.165) is 18.4 Å². The van der Waals surface area contributed by atoms with Gasteiger partial charge in [-0.05, 0) is 49.1 Å². The van der Waals surface area contributed by atoms with Gasteiger partial charge in [0, 0.05) is 23.7 Å². The number of carbonyl (C=O) groups is 2. The fourth-order valence-electron chi connectivity index (χ4n) is 2.45. The van der Waals surface area contributed by atoms with Crippen molar-refractivity contribution in [3.05, 3.63) is 63.6 Å². The number of aryl methyl sites for hydroxylation is 1. The highest BCUT2D eigenvalue weighted by Crippen LogP contribution is 2.26. The summed E-state index contributed by atoms with van der Waals surface area (Å²) in [6.45, 7) is 0. The molecule has 1 aliphatic rings. The summed E-state index contributed by atoms with van der Waals surface area (Å²) in [4.78, 5) is 24.2. The van der Waals surface area contributed by atoms with E-state index >= 15 is 0 Å². The van der Waals surface area contributed by atoms with E-state index in [1.54, 1.807) is 30.3 Å². The lowest BCUT2D eigenvalue weighted by molar-refractivity contribution is -0.116. The molecule has 6 heteroatoms. The van der Waals surface area contributed by atoms with E-state index in [2.05, 4.69) is 10.6 Å². The summed E-state index contributed by atoms with van der Waals surface area (Å²) in [6, 6.07) is 12.6. The summed E-state index contributed by atoms with van der Waals surface area (Å²) in [5.41, 5.74) is 1.98. The molecule has 0 atom stereocenters. The van der Waals surface area contributed by atoms with Crippen LogP contribution in [-0.4, -0.2) is 17.9 Å². The standard InChI is InChI=1S/C19H18Cl2N2O2/c20-16-6-2-3-12(18(16)21)7-10-17(24)22-15-5-1-4-13(11-15)19(25)23-14-8-9-14/h1-6,11,14H,7-10H2,(H,22,24)(H,23,25). The zero-order chi connectivity index (χ0) is 17.8. The molecule has 1 aliphatic carbocycles. The minimum Gasteiger partial charge on any atom is -0.349 e. The normalized spacial score (nSPS) is 13.4. The van der Waals surface area contributed by atoms with Gasteiger partial charge in [0.05, 0.1) is 10.0 Å². The average molecular weight is 377 g/mol. The molecule has 0 heterocycles. The van der Waals surface area contributed by atoms with E-state index in [-0.39, 0.29) is 18.2 Å². The molecule has 3 rings (SSSR count). The Morgan fingerprint density at radius 1 is 1.08 bits per heavy atom. The second-order valence-corrected chi connectivity index (χ2v) is 6.87. The second-order valence-electron chi connectivity index (χ2n) is 6.09. The molecule has 2 N–H and O–H groups in total. The van der Waals surface area contributed by atoms with Crippen LogP contribution in [-0.2, 0) is 11.2 Å². The smallest absolute Gasteiger partial charge is 0.251 e. The maximum Gasteiger partial charge on any atom is 0.251 e. The highest BCUT2D eigenvalue weighted by molar-refractivity contribution is 6.42. The maximum absolute atomic E-state index is 12.2. The van der Waals surface area contributed by atoms with Crippen LogP contribution >= 0.6 is 23.2 Å². The van der Waals surface area contributed by atoms with Crippen LogP contribution in [0.25, 0.3) is 0 Å². The van der Waals surface area contributed by atoms with Gasteiger partial charge in [0.25, 0.3) is 5.91 Å². The van der Waals surface area contributed by atoms with E-state index in [1.165, 1.54) is 0 Å². The van der Waals surface area contributed by atoms with Gasteiger partial charge in [0.1, 0.15) is 0 Å². The summed E-state index contributed by atoms with van der Waals surface area (Å²) >= 11 is 12.1. The van der Waals surface area contributed by atoms with Gasteiger partial charge >= 0.3 is 0 Å². The number of hydrogen-bond acceptors (Lipinski definition) is 2. The number of anilines is 1. The molecule has 0 aliphatic heterocycles. The van der Waals surface area contributed by atoms with Crippen LogP contribution in [0.5, 0.6) is 0 Å². The van der Waals surface area contributed by atoms with E-state index in [0.29, 0.717) is 33.8 Å². The minimum atomic E-state index is -0.143. The van der Waals surface area contributed by atoms with Crippen LogP contribution in [0.15, 0.2) is 42.5 Å². The van der Waals surface area contributed by atoms with Crippen molar-refractivity contribution in [3.8, 4) is 0 Å². The number of amides is 2.